The van der Waals surface area contributed by atoms with Gasteiger partial charge >= 0.3 is 11.9 Å². The molecule has 1 heterocycles. The molecule has 1 rings (SSSR count). The van der Waals surface area contributed by atoms with E-state index < -0.39 is 11.9 Å². The molecule has 0 saturated heterocycles. The van der Waals surface area contributed by atoms with Crippen LogP contribution in [0.2, 0.25) is 0 Å². The maximum absolute atomic E-state index is 11.3. The van der Waals surface area contributed by atoms with Gasteiger partial charge < -0.3 is 20.1 Å². The fourth-order valence-corrected chi connectivity index (χ4v) is 1.11. The largest absolute Gasteiger partial charge is 0.481 e. The van der Waals surface area contributed by atoms with E-state index in [9.17, 15) is 14.4 Å². The SMILES string of the molecule is Nc1ccc(=O)n(CC(=O)OCCC(=O)O)c1. The molecule has 0 radical (unpaired) electrons. The summed E-state index contributed by atoms with van der Waals surface area (Å²) in [6.45, 7) is -0.505. The van der Waals surface area contributed by atoms with E-state index in [4.69, 9.17) is 10.8 Å². The van der Waals surface area contributed by atoms with Crippen molar-refractivity contribution in [1.82, 2.24) is 4.57 Å². The van der Waals surface area contributed by atoms with Gasteiger partial charge in [-0.15, -0.1) is 0 Å². The normalized spacial score (nSPS) is 9.88. The number of nitrogens with zero attached hydrogens (tertiary/aromatic N) is 1. The van der Waals surface area contributed by atoms with Crippen LogP contribution in [0.15, 0.2) is 23.1 Å². The molecule has 92 valence electrons. The minimum absolute atomic E-state index is 0.217. The zero-order valence-corrected chi connectivity index (χ0v) is 8.96. The molecule has 0 saturated carbocycles. The zero-order valence-electron chi connectivity index (χ0n) is 8.96. The summed E-state index contributed by atoms with van der Waals surface area (Å²) in [6, 6.07) is 2.66. The maximum Gasteiger partial charge on any atom is 0.326 e. The first-order chi connectivity index (χ1) is 7.99. The van der Waals surface area contributed by atoms with E-state index in [0.29, 0.717) is 5.69 Å². The molecule has 0 bridgehead atoms. The molecule has 7 nitrogen and oxygen atoms in total. The smallest absolute Gasteiger partial charge is 0.326 e. The summed E-state index contributed by atoms with van der Waals surface area (Å²) in [7, 11) is 0. The predicted molar refractivity (Wildman–Crippen MR) is 58.3 cm³/mol. The molecule has 0 unspecified atom stereocenters. The van der Waals surface area contributed by atoms with Crippen LogP contribution in [0, 0.1) is 0 Å². The van der Waals surface area contributed by atoms with Crippen molar-refractivity contribution in [2.45, 2.75) is 13.0 Å². The number of ether oxygens (including phenoxy) is 1. The monoisotopic (exact) mass is 240 g/mol. The fraction of sp³-hybridized carbons (Fsp3) is 0.300. The Morgan fingerprint density at radius 1 is 1.41 bits per heavy atom. The molecule has 1 aromatic heterocycles. The first-order valence-electron chi connectivity index (χ1n) is 4.82. The molecule has 0 fully saturated rings. The lowest BCUT2D eigenvalue weighted by atomic mass is 10.4. The Morgan fingerprint density at radius 2 is 2.12 bits per heavy atom. The lowest BCUT2D eigenvalue weighted by Gasteiger charge is -2.06. The number of pyridine rings is 1. The lowest BCUT2D eigenvalue weighted by Crippen LogP contribution is -2.25. The van der Waals surface area contributed by atoms with Crippen molar-refractivity contribution in [3.63, 3.8) is 0 Å². The van der Waals surface area contributed by atoms with Crippen molar-refractivity contribution < 1.29 is 19.4 Å². The summed E-state index contributed by atoms with van der Waals surface area (Å²) >= 11 is 0. The van der Waals surface area contributed by atoms with Gasteiger partial charge in [0.2, 0.25) is 0 Å². The highest BCUT2D eigenvalue weighted by molar-refractivity contribution is 5.70. The van der Waals surface area contributed by atoms with Crippen LogP contribution in [0.4, 0.5) is 5.69 Å². The second-order valence-corrected chi connectivity index (χ2v) is 3.29. The molecule has 0 aromatic carbocycles. The maximum atomic E-state index is 11.3. The van der Waals surface area contributed by atoms with Gasteiger partial charge in [0.05, 0.1) is 6.42 Å². The molecule has 3 N–H and O–H groups in total. The van der Waals surface area contributed by atoms with Gasteiger partial charge in [0, 0.05) is 18.0 Å². The number of carboxylic acids is 1. The van der Waals surface area contributed by atoms with Crippen molar-refractivity contribution in [3.8, 4) is 0 Å². The predicted octanol–water partition coefficient (Wildman–Crippen LogP) is -0.552. The van der Waals surface area contributed by atoms with Gasteiger partial charge in [-0.05, 0) is 6.07 Å². The second kappa shape index (κ2) is 5.69. The average molecular weight is 240 g/mol. The van der Waals surface area contributed by atoms with Crippen molar-refractivity contribution in [1.29, 1.82) is 0 Å². The van der Waals surface area contributed by atoms with Crippen LogP contribution in [-0.4, -0.2) is 28.2 Å². The third-order valence-corrected chi connectivity index (χ3v) is 1.88. The number of aliphatic carboxylic acids is 1. The zero-order chi connectivity index (χ0) is 12.8. The average Bonchev–Trinajstić information content (AvgIpc) is 2.23. The number of rotatable bonds is 5. The first-order valence-corrected chi connectivity index (χ1v) is 4.82. The lowest BCUT2D eigenvalue weighted by molar-refractivity contribution is -0.147. The first kappa shape index (κ1) is 12.8. The standard InChI is InChI=1S/C10H12N2O5/c11-7-1-2-8(13)12(5-7)6-10(16)17-4-3-9(14)15/h1-2,5H,3-4,6,11H2,(H,14,15). The highest BCUT2D eigenvalue weighted by Crippen LogP contribution is 1.96. The van der Waals surface area contributed by atoms with Gasteiger partial charge in [0.15, 0.2) is 0 Å². The van der Waals surface area contributed by atoms with Crippen LogP contribution in [0.25, 0.3) is 0 Å². The van der Waals surface area contributed by atoms with E-state index in [1.807, 2.05) is 0 Å². The summed E-state index contributed by atoms with van der Waals surface area (Å²) in [5.74, 6) is -1.74. The minimum atomic E-state index is -1.06. The number of hydrogen-bond acceptors (Lipinski definition) is 5. The van der Waals surface area contributed by atoms with E-state index in [1.165, 1.54) is 18.3 Å². The van der Waals surface area contributed by atoms with E-state index in [2.05, 4.69) is 4.74 Å². The third kappa shape index (κ3) is 4.37. The molecule has 0 aliphatic heterocycles. The van der Waals surface area contributed by atoms with Crippen LogP contribution in [0.5, 0.6) is 0 Å². The Bertz CT molecular complexity index is 480. The number of esters is 1. The van der Waals surface area contributed by atoms with Crippen molar-refractivity contribution in [2.24, 2.45) is 0 Å². The number of carbonyl (C=O) groups excluding carboxylic acids is 1. The number of carbonyl (C=O) groups is 2. The summed E-state index contributed by atoms with van der Waals surface area (Å²) in [5, 5.41) is 8.33. The Hall–Kier alpha value is -2.31. The van der Waals surface area contributed by atoms with Crippen molar-refractivity contribution >= 4 is 17.6 Å². The fourth-order valence-electron chi connectivity index (χ4n) is 1.11. The molecule has 0 aliphatic carbocycles. The molecule has 17 heavy (non-hydrogen) atoms. The highest BCUT2D eigenvalue weighted by Gasteiger charge is 2.07. The molecule has 0 atom stereocenters. The Morgan fingerprint density at radius 3 is 2.76 bits per heavy atom. The Balaban J connectivity index is 2.53. The van der Waals surface area contributed by atoms with E-state index >= 15 is 0 Å². The molecule has 0 aliphatic rings. The van der Waals surface area contributed by atoms with Crippen LogP contribution < -0.4 is 11.3 Å². The minimum Gasteiger partial charge on any atom is -0.481 e. The van der Waals surface area contributed by atoms with E-state index in [1.54, 1.807) is 0 Å². The summed E-state index contributed by atoms with van der Waals surface area (Å²) in [4.78, 5) is 32.7. The molecule has 7 heteroatoms. The third-order valence-electron chi connectivity index (χ3n) is 1.88. The number of carboxylic acid groups (broad SMARTS) is 1. The highest BCUT2D eigenvalue weighted by atomic mass is 16.5. The van der Waals surface area contributed by atoms with Gasteiger partial charge in [0.1, 0.15) is 13.2 Å². The Labute approximate surface area is 96.4 Å². The number of nitrogen functional groups attached to an aromatic ring is 1. The molecule has 1 aromatic rings. The van der Waals surface area contributed by atoms with Crippen molar-refractivity contribution in [2.75, 3.05) is 12.3 Å². The topological polar surface area (TPSA) is 112 Å². The van der Waals surface area contributed by atoms with Crippen LogP contribution in [0.1, 0.15) is 6.42 Å². The molecule has 0 spiro atoms. The molecular formula is C10H12N2O5. The number of nitrogens with two attached hydrogens (primary N) is 1. The van der Waals surface area contributed by atoms with Gasteiger partial charge in [-0.1, -0.05) is 0 Å². The Kier molecular flexibility index (Phi) is 4.27. The molecule has 0 amide bonds. The quantitative estimate of drug-likeness (QED) is 0.668. The number of anilines is 1. The summed E-state index contributed by atoms with van der Waals surface area (Å²) in [5.41, 5.74) is 5.42. The van der Waals surface area contributed by atoms with E-state index in [-0.39, 0.29) is 25.1 Å². The molecular weight excluding hydrogens is 228 g/mol. The second-order valence-electron chi connectivity index (χ2n) is 3.29. The number of aromatic nitrogens is 1. The number of hydrogen-bond donors (Lipinski definition) is 2. The van der Waals surface area contributed by atoms with Crippen LogP contribution >= 0.6 is 0 Å². The van der Waals surface area contributed by atoms with Gasteiger partial charge in [-0.3, -0.25) is 14.4 Å². The summed E-state index contributed by atoms with van der Waals surface area (Å²) < 4.78 is 5.73. The van der Waals surface area contributed by atoms with E-state index in [0.717, 1.165) is 4.57 Å². The van der Waals surface area contributed by atoms with Crippen LogP contribution in [0.3, 0.4) is 0 Å². The summed E-state index contributed by atoms with van der Waals surface area (Å²) in [6.07, 6.45) is 1.05. The van der Waals surface area contributed by atoms with Crippen LogP contribution in [-0.2, 0) is 20.9 Å². The van der Waals surface area contributed by atoms with Gasteiger partial charge in [-0.2, -0.15) is 0 Å². The van der Waals surface area contributed by atoms with Gasteiger partial charge in [0.25, 0.3) is 5.56 Å². The van der Waals surface area contributed by atoms with Crippen molar-refractivity contribution in [3.05, 3.63) is 28.7 Å². The van der Waals surface area contributed by atoms with Gasteiger partial charge in [-0.25, -0.2) is 0 Å².